The number of nitrogens with one attached hydrogen (secondary N) is 1. The Hall–Kier alpha value is -4.16. The molecule has 1 atom stereocenters. The van der Waals surface area contributed by atoms with Crippen molar-refractivity contribution in [3.63, 3.8) is 0 Å². The number of benzene rings is 2. The van der Waals surface area contributed by atoms with Crippen LogP contribution in [0.1, 0.15) is 43.9 Å². The number of esters is 1. The highest BCUT2D eigenvalue weighted by molar-refractivity contribution is 6.24. The first-order chi connectivity index (χ1) is 15.5. The van der Waals surface area contributed by atoms with Crippen molar-refractivity contribution in [3.05, 3.63) is 64.0 Å². The largest absolute Gasteiger partial charge is 0.416 e. The van der Waals surface area contributed by atoms with Gasteiger partial charge in [0.05, 0.1) is 16.7 Å². The number of ether oxygens (including phenoxy) is 1. The van der Waals surface area contributed by atoms with Gasteiger partial charge in [0, 0.05) is 6.42 Å². The molecule has 13 heteroatoms. The lowest BCUT2D eigenvalue weighted by Crippen LogP contribution is -2.54. The summed E-state index contributed by atoms with van der Waals surface area (Å²) in [6.07, 6.45) is -0.241. The topological polar surface area (TPSA) is 110 Å². The van der Waals surface area contributed by atoms with Crippen LogP contribution in [0.2, 0.25) is 0 Å². The van der Waals surface area contributed by atoms with Crippen molar-refractivity contribution in [2.24, 2.45) is 0 Å². The second kappa shape index (κ2) is 7.76. The molecule has 0 radical (unpaired) electrons. The molecule has 4 rings (SSSR count). The number of carbonyl (C=O) groups excluding carboxylic acids is 5. The molecule has 4 amide bonds. The van der Waals surface area contributed by atoms with E-state index in [4.69, 9.17) is 0 Å². The van der Waals surface area contributed by atoms with Crippen molar-refractivity contribution in [2.75, 3.05) is 0 Å². The molecule has 0 aromatic heterocycles. The molecule has 8 nitrogen and oxygen atoms in total. The second-order valence-corrected chi connectivity index (χ2v) is 7.00. The van der Waals surface area contributed by atoms with E-state index < -0.39 is 76.0 Å². The molecular formula is C20H9F5N2O6. The molecule has 1 saturated heterocycles. The fourth-order valence-corrected chi connectivity index (χ4v) is 3.42. The number of hydrogen-bond acceptors (Lipinski definition) is 6. The maximum atomic E-state index is 13.8. The Labute approximate surface area is 179 Å². The number of hydrogen-bond donors (Lipinski definition) is 1. The van der Waals surface area contributed by atoms with Crippen LogP contribution in [0, 0.1) is 29.1 Å². The molecule has 33 heavy (non-hydrogen) atoms. The van der Waals surface area contributed by atoms with Gasteiger partial charge in [0.2, 0.25) is 46.6 Å². The number of fused-ring (bicyclic) bond motifs is 1. The summed E-state index contributed by atoms with van der Waals surface area (Å²) in [7, 11) is 0. The summed E-state index contributed by atoms with van der Waals surface area (Å²) in [5.41, 5.74) is -1.13. The van der Waals surface area contributed by atoms with E-state index in [-0.39, 0.29) is 24.0 Å². The quantitative estimate of drug-likeness (QED) is 0.184. The normalized spacial score (nSPS) is 17.8. The van der Waals surface area contributed by atoms with Crippen LogP contribution in [0.5, 0.6) is 5.75 Å². The van der Waals surface area contributed by atoms with Gasteiger partial charge >= 0.3 is 5.97 Å². The molecule has 170 valence electrons. The van der Waals surface area contributed by atoms with Crippen molar-refractivity contribution in [1.29, 1.82) is 0 Å². The van der Waals surface area contributed by atoms with E-state index in [0.29, 0.717) is 4.90 Å². The van der Waals surface area contributed by atoms with E-state index in [1.165, 1.54) is 0 Å². The highest BCUT2D eigenvalue weighted by atomic mass is 19.2. The average Bonchev–Trinajstić information content (AvgIpc) is 3.03. The summed E-state index contributed by atoms with van der Waals surface area (Å²) in [4.78, 5) is 61.6. The van der Waals surface area contributed by atoms with Crippen molar-refractivity contribution >= 4 is 29.6 Å². The van der Waals surface area contributed by atoms with Gasteiger partial charge in [-0.3, -0.25) is 29.4 Å². The zero-order valence-corrected chi connectivity index (χ0v) is 16.0. The highest BCUT2D eigenvalue weighted by Gasteiger charge is 2.45. The predicted molar refractivity (Wildman–Crippen MR) is 94.3 cm³/mol. The number of carbonyl (C=O) groups is 5. The Morgan fingerprint density at radius 1 is 0.879 bits per heavy atom. The lowest BCUT2D eigenvalue weighted by atomic mass is 10.0. The molecule has 2 aromatic carbocycles. The molecule has 0 saturated carbocycles. The molecule has 2 aliphatic rings. The Balaban J connectivity index is 1.64. The van der Waals surface area contributed by atoms with Crippen LogP contribution < -0.4 is 10.1 Å². The molecule has 2 aromatic rings. The fourth-order valence-electron chi connectivity index (χ4n) is 3.42. The second-order valence-electron chi connectivity index (χ2n) is 7.00. The van der Waals surface area contributed by atoms with Gasteiger partial charge < -0.3 is 4.74 Å². The van der Waals surface area contributed by atoms with Crippen LogP contribution >= 0.6 is 0 Å². The first-order valence-corrected chi connectivity index (χ1v) is 9.12. The standard InChI is InChI=1S/C20H9F5N2O6/c21-11-12(22)14(24)16(15(25)13(11)23)33-20(32)6-1-2-7-8(5-6)19(31)27(18(7)30)9-3-4-10(28)26-17(9)29/h1-2,5,9H,3-4H2,(H,26,28,29). The molecule has 1 N–H and O–H groups in total. The number of nitrogens with zero attached hydrogens (tertiary/aromatic N) is 1. The third kappa shape index (κ3) is 3.41. The van der Waals surface area contributed by atoms with Crippen LogP contribution in [0.15, 0.2) is 18.2 Å². The van der Waals surface area contributed by atoms with E-state index in [9.17, 15) is 45.9 Å². The number of imide groups is 2. The third-order valence-corrected chi connectivity index (χ3v) is 5.04. The summed E-state index contributed by atoms with van der Waals surface area (Å²) < 4.78 is 71.6. The van der Waals surface area contributed by atoms with Crippen molar-refractivity contribution in [3.8, 4) is 5.75 Å². The van der Waals surface area contributed by atoms with Crippen LogP contribution in [0.4, 0.5) is 22.0 Å². The Morgan fingerprint density at radius 2 is 1.45 bits per heavy atom. The minimum Gasteiger partial charge on any atom is -0.416 e. The van der Waals surface area contributed by atoms with Crippen LogP contribution in [0.3, 0.4) is 0 Å². The summed E-state index contributed by atoms with van der Waals surface area (Å²) in [5.74, 6) is -18.6. The maximum Gasteiger partial charge on any atom is 0.343 e. The summed E-state index contributed by atoms with van der Waals surface area (Å²) in [5, 5.41) is 2.00. The first kappa shape index (κ1) is 22.0. The van der Waals surface area contributed by atoms with Gasteiger partial charge in [-0.25, -0.2) is 18.0 Å². The molecule has 1 fully saturated rings. The van der Waals surface area contributed by atoms with E-state index in [1.54, 1.807) is 0 Å². The van der Waals surface area contributed by atoms with Gasteiger partial charge in [-0.15, -0.1) is 0 Å². The lowest BCUT2D eigenvalue weighted by molar-refractivity contribution is -0.136. The fraction of sp³-hybridized carbons (Fsp3) is 0.150. The smallest absolute Gasteiger partial charge is 0.343 e. The number of rotatable bonds is 3. The highest BCUT2D eigenvalue weighted by Crippen LogP contribution is 2.31. The first-order valence-electron chi connectivity index (χ1n) is 9.12. The Morgan fingerprint density at radius 3 is 2.06 bits per heavy atom. The average molecular weight is 468 g/mol. The minimum absolute atomic E-state index is 0.120. The molecule has 1 unspecified atom stereocenters. The molecular weight excluding hydrogens is 459 g/mol. The summed E-state index contributed by atoms with van der Waals surface area (Å²) in [6, 6.07) is 1.46. The monoisotopic (exact) mass is 468 g/mol. The van der Waals surface area contributed by atoms with E-state index in [2.05, 4.69) is 4.74 Å². The minimum atomic E-state index is -2.44. The predicted octanol–water partition coefficient (Wildman–Crippen LogP) is 2.00. The summed E-state index contributed by atoms with van der Waals surface area (Å²) in [6.45, 7) is 0. The maximum absolute atomic E-state index is 13.8. The van der Waals surface area contributed by atoms with Crippen molar-refractivity contribution in [1.82, 2.24) is 10.2 Å². The van der Waals surface area contributed by atoms with Gasteiger partial charge in [0.15, 0.2) is 0 Å². The van der Waals surface area contributed by atoms with Crippen LogP contribution in [0.25, 0.3) is 0 Å². The molecule has 0 aliphatic carbocycles. The van der Waals surface area contributed by atoms with Gasteiger partial charge in [0.1, 0.15) is 6.04 Å². The van der Waals surface area contributed by atoms with Crippen LogP contribution in [-0.4, -0.2) is 40.5 Å². The van der Waals surface area contributed by atoms with Gasteiger partial charge in [-0.05, 0) is 24.6 Å². The number of amides is 4. The zero-order chi connectivity index (χ0) is 24.2. The van der Waals surface area contributed by atoms with Gasteiger partial charge in [-0.1, -0.05) is 0 Å². The molecule has 0 spiro atoms. The molecule has 2 heterocycles. The number of piperidine rings is 1. The lowest BCUT2D eigenvalue weighted by Gasteiger charge is -2.27. The third-order valence-electron chi connectivity index (χ3n) is 5.04. The van der Waals surface area contributed by atoms with Gasteiger partial charge in [0.25, 0.3) is 11.8 Å². The molecule has 2 aliphatic heterocycles. The van der Waals surface area contributed by atoms with E-state index in [1.807, 2.05) is 5.32 Å². The Kier molecular flexibility index (Phi) is 5.18. The van der Waals surface area contributed by atoms with Crippen molar-refractivity contribution < 1.29 is 50.7 Å². The molecule has 0 bridgehead atoms. The number of halogens is 5. The van der Waals surface area contributed by atoms with E-state index >= 15 is 0 Å². The Bertz CT molecular complexity index is 1270. The summed E-state index contributed by atoms with van der Waals surface area (Å²) >= 11 is 0. The SMILES string of the molecule is O=C1CCC(N2C(=O)c3ccc(C(=O)Oc4c(F)c(F)c(F)c(F)c4F)cc3C2=O)C(=O)N1. The van der Waals surface area contributed by atoms with Gasteiger partial charge in [-0.2, -0.15) is 8.78 Å². The van der Waals surface area contributed by atoms with Crippen LogP contribution in [-0.2, 0) is 9.59 Å². The van der Waals surface area contributed by atoms with E-state index in [0.717, 1.165) is 18.2 Å². The van der Waals surface area contributed by atoms with Crippen molar-refractivity contribution in [2.45, 2.75) is 18.9 Å². The zero-order valence-electron chi connectivity index (χ0n) is 16.0.